The van der Waals surface area contributed by atoms with Gasteiger partial charge in [0.25, 0.3) is 0 Å². The first-order chi connectivity index (χ1) is 7.22. The van der Waals surface area contributed by atoms with E-state index >= 15 is 0 Å². The molecule has 15 heavy (non-hydrogen) atoms. The van der Waals surface area contributed by atoms with Crippen molar-refractivity contribution in [3.8, 4) is 0 Å². The Kier molecular flexibility index (Phi) is 3.41. The van der Waals surface area contributed by atoms with Crippen molar-refractivity contribution in [2.45, 2.75) is 32.2 Å². The van der Waals surface area contributed by atoms with Gasteiger partial charge in [-0.25, -0.2) is 0 Å². The fourth-order valence-electron chi connectivity index (χ4n) is 1.94. The third-order valence-electron chi connectivity index (χ3n) is 2.76. The van der Waals surface area contributed by atoms with Gasteiger partial charge in [-0.3, -0.25) is 8.78 Å². The summed E-state index contributed by atoms with van der Waals surface area (Å²) in [6, 6.07) is 0.333. The van der Waals surface area contributed by atoms with E-state index in [0.717, 1.165) is 36.6 Å². The normalized spacial score (nSPS) is 26.8. The van der Waals surface area contributed by atoms with Crippen LogP contribution < -0.4 is 0 Å². The van der Waals surface area contributed by atoms with E-state index in [1.807, 2.05) is 11.5 Å². The summed E-state index contributed by atoms with van der Waals surface area (Å²) in [4.78, 5) is 0. The Labute approximate surface area is 96.5 Å². The minimum atomic E-state index is -0.635. The number of aromatic nitrogens is 3. The number of nitrogens with zero attached hydrogens (tertiary/aromatic N) is 3. The highest BCUT2D eigenvalue weighted by atomic mass is 35.5. The number of hydrogen-bond donors (Lipinski definition) is 0. The fraction of sp³-hybridized carbons (Fsp3) is 0.778. The van der Waals surface area contributed by atoms with Crippen molar-refractivity contribution < 1.29 is 4.21 Å². The van der Waals surface area contributed by atoms with Crippen LogP contribution in [0, 0.1) is 0 Å². The molecule has 1 aromatic rings. The largest absolute Gasteiger partial charge is 0.299 e. The van der Waals surface area contributed by atoms with E-state index in [9.17, 15) is 4.21 Å². The molecule has 0 aromatic carbocycles. The summed E-state index contributed by atoms with van der Waals surface area (Å²) >= 11 is 6.01. The molecule has 1 fully saturated rings. The van der Waals surface area contributed by atoms with Gasteiger partial charge in [-0.1, -0.05) is 6.92 Å². The average Bonchev–Trinajstić information content (AvgIpc) is 2.61. The first kappa shape index (κ1) is 11.1. The van der Waals surface area contributed by atoms with Gasteiger partial charge >= 0.3 is 0 Å². The van der Waals surface area contributed by atoms with Crippen molar-refractivity contribution in [1.82, 2.24) is 14.8 Å². The van der Waals surface area contributed by atoms with E-state index in [0.29, 0.717) is 11.3 Å². The highest BCUT2D eigenvalue weighted by molar-refractivity contribution is 7.85. The van der Waals surface area contributed by atoms with E-state index < -0.39 is 10.8 Å². The van der Waals surface area contributed by atoms with Crippen LogP contribution in [0.3, 0.4) is 0 Å². The van der Waals surface area contributed by atoms with Crippen molar-refractivity contribution in [2.24, 2.45) is 0 Å². The molecule has 6 heteroatoms. The van der Waals surface area contributed by atoms with Crippen LogP contribution in [-0.4, -0.2) is 30.5 Å². The Balaban J connectivity index is 2.21. The summed E-state index contributed by atoms with van der Waals surface area (Å²) in [6.07, 6.45) is 2.66. The molecule has 0 unspecified atom stereocenters. The number of halogens is 1. The summed E-state index contributed by atoms with van der Waals surface area (Å²) in [5.41, 5.74) is 0. The molecule has 1 aliphatic heterocycles. The summed E-state index contributed by atoms with van der Waals surface area (Å²) < 4.78 is 13.3. The van der Waals surface area contributed by atoms with Crippen LogP contribution in [0.15, 0.2) is 0 Å². The third kappa shape index (κ3) is 2.23. The molecule has 1 aromatic heterocycles. The highest BCUT2D eigenvalue weighted by Gasteiger charge is 2.23. The van der Waals surface area contributed by atoms with E-state index in [-0.39, 0.29) is 0 Å². The van der Waals surface area contributed by atoms with Gasteiger partial charge in [-0.05, 0) is 24.4 Å². The average molecular weight is 248 g/mol. The molecular weight excluding hydrogens is 234 g/mol. The van der Waals surface area contributed by atoms with Gasteiger partial charge in [0.2, 0.25) is 5.28 Å². The topological polar surface area (TPSA) is 47.8 Å². The van der Waals surface area contributed by atoms with Crippen molar-refractivity contribution in [2.75, 3.05) is 11.5 Å². The zero-order chi connectivity index (χ0) is 10.8. The molecular formula is C9H14ClN3OS. The molecule has 0 aliphatic carbocycles. The Morgan fingerprint density at radius 3 is 2.73 bits per heavy atom. The molecule has 0 bridgehead atoms. The minimum Gasteiger partial charge on any atom is -0.299 e. The lowest BCUT2D eigenvalue weighted by Gasteiger charge is -2.24. The molecule has 2 heterocycles. The van der Waals surface area contributed by atoms with Crippen molar-refractivity contribution in [3.05, 3.63) is 11.1 Å². The van der Waals surface area contributed by atoms with Crippen molar-refractivity contribution in [3.63, 3.8) is 0 Å². The highest BCUT2D eigenvalue weighted by Crippen LogP contribution is 2.26. The summed E-state index contributed by atoms with van der Waals surface area (Å²) in [5, 5.41) is 8.38. The molecule has 0 N–H and O–H groups in total. The maximum atomic E-state index is 11.3. The second kappa shape index (κ2) is 4.61. The van der Waals surface area contributed by atoms with Gasteiger partial charge in [0.05, 0.1) is 0 Å². The predicted molar refractivity (Wildman–Crippen MR) is 60.6 cm³/mol. The van der Waals surface area contributed by atoms with Gasteiger partial charge in [0, 0.05) is 34.8 Å². The Hall–Kier alpha value is -0.420. The summed E-state index contributed by atoms with van der Waals surface area (Å²) in [7, 11) is -0.635. The van der Waals surface area contributed by atoms with Crippen LogP contribution in [-0.2, 0) is 17.2 Å². The summed E-state index contributed by atoms with van der Waals surface area (Å²) in [6.45, 7) is 2.04. The van der Waals surface area contributed by atoms with Crippen molar-refractivity contribution in [1.29, 1.82) is 0 Å². The van der Waals surface area contributed by atoms with E-state index in [1.165, 1.54) is 0 Å². The van der Waals surface area contributed by atoms with Crippen LogP contribution in [0.25, 0.3) is 0 Å². The predicted octanol–water partition coefficient (Wildman–Crippen LogP) is 1.58. The molecule has 0 radical (unpaired) electrons. The zero-order valence-corrected chi connectivity index (χ0v) is 10.2. The molecule has 84 valence electrons. The lowest BCUT2D eigenvalue weighted by atomic mass is 10.1. The van der Waals surface area contributed by atoms with E-state index in [2.05, 4.69) is 10.2 Å². The summed E-state index contributed by atoms with van der Waals surface area (Å²) in [5.74, 6) is 2.46. The monoisotopic (exact) mass is 247 g/mol. The van der Waals surface area contributed by atoms with Crippen LogP contribution in [0.1, 0.15) is 31.6 Å². The first-order valence-electron chi connectivity index (χ1n) is 5.16. The number of aryl methyl sites for hydroxylation is 1. The lowest BCUT2D eigenvalue weighted by Crippen LogP contribution is -2.23. The molecule has 0 spiro atoms. The SMILES string of the molecule is CCc1nnc(Cl)n1C1CCS(=O)CC1. The Morgan fingerprint density at radius 2 is 2.13 bits per heavy atom. The first-order valence-corrected chi connectivity index (χ1v) is 7.03. The molecule has 0 atom stereocenters. The molecule has 0 saturated carbocycles. The Morgan fingerprint density at radius 1 is 1.47 bits per heavy atom. The standard InChI is InChI=1S/C9H14ClN3OS/c1-2-8-11-12-9(10)13(8)7-3-5-15(14)6-4-7/h7H,2-6H2,1H3. The number of hydrogen-bond acceptors (Lipinski definition) is 3. The molecule has 1 aliphatic rings. The van der Waals surface area contributed by atoms with Crippen molar-refractivity contribution >= 4 is 22.4 Å². The maximum Gasteiger partial charge on any atom is 0.225 e. The van der Waals surface area contributed by atoms with Crippen LogP contribution in [0.5, 0.6) is 0 Å². The van der Waals surface area contributed by atoms with E-state index in [1.54, 1.807) is 0 Å². The van der Waals surface area contributed by atoms with Gasteiger partial charge < -0.3 is 0 Å². The third-order valence-corrected chi connectivity index (χ3v) is 4.40. The van der Waals surface area contributed by atoms with Crippen LogP contribution in [0.2, 0.25) is 5.28 Å². The Bertz CT molecular complexity index is 369. The zero-order valence-electron chi connectivity index (χ0n) is 8.65. The minimum absolute atomic E-state index is 0.333. The number of rotatable bonds is 2. The second-order valence-corrected chi connectivity index (χ2v) is 5.72. The van der Waals surface area contributed by atoms with Gasteiger partial charge in [0.1, 0.15) is 5.82 Å². The maximum absolute atomic E-state index is 11.3. The van der Waals surface area contributed by atoms with E-state index in [4.69, 9.17) is 11.6 Å². The molecule has 2 rings (SSSR count). The molecule has 0 amide bonds. The van der Waals surface area contributed by atoms with Gasteiger partial charge in [0.15, 0.2) is 0 Å². The van der Waals surface area contributed by atoms with Crippen LogP contribution in [0.4, 0.5) is 0 Å². The van der Waals surface area contributed by atoms with Crippen LogP contribution >= 0.6 is 11.6 Å². The smallest absolute Gasteiger partial charge is 0.225 e. The fourth-order valence-corrected chi connectivity index (χ4v) is 3.49. The second-order valence-electron chi connectivity index (χ2n) is 3.69. The molecule has 4 nitrogen and oxygen atoms in total. The quantitative estimate of drug-likeness (QED) is 0.797. The lowest BCUT2D eigenvalue weighted by molar-refractivity contribution is 0.448. The molecule has 1 saturated heterocycles. The van der Waals surface area contributed by atoms with Gasteiger partial charge in [-0.15, -0.1) is 10.2 Å². The van der Waals surface area contributed by atoms with Gasteiger partial charge in [-0.2, -0.15) is 0 Å².